The van der Waals surface area contributed by atoms with E-state index in [1.165, 1.54) is 5.69 Å². The van der Waals surface area contributed by atoms with Gasteiger partial charge in [-0.15, -0.1) is 11.3 Å². The van der Waals surface area contributed by atoms with Crippen LogP contribution in [0.3, 0.4) is 0 Å². The zero-order chi connectivity index (χ0) is 14.7. The monoisotopic (exact) mass is 356 g/mol. The van der Waals surface area contributed by atoms with Gasteiger partial charge < -0.3 is 5.73 Å². The number of hydrogen-bond donors (Lipinski definition) is 1. The quantitative estimate of drug-likeness (QED) is 0.864. The number of rotatable bonds is 6. The molecule has 0 aliphatic heterocycles. The minimum absolute atomic E-state index is 0.0727. The van der Waals surface area contributed by atoms with Crippen LogP contribution in [0.2, 0.25) is 0 Å². The first-order chi connectivity index (χ1) is 9.55. The van der Waals surface area contributed by atoms with E-state index in [-0.39, 0.29) is 6.04 Å². The van der Waals surface area contributed by atoms with Gasteiger partial charge in [-0.25, -0.2) is 4.98 Å². The Bertz CT molecular complexity index is 576. The molecule has 1 atom stereocenters. The third kappa shape index (κ3) is 3.48. The Morgan fingerprint density at radius 3 is 2.70 bits per heavy atom. The summed E-state index contributed by atoms with van der Waals surface area (Å²) >= 11 is 5.36. The lowest BCUT2D eigenvalue weighted by atomic mass is 10.1. The number of halogens is 1. The summed E-state index contributed by atoms with van der Waals surface area (Å²) in [4.78, 5) is 4.48. The summed E-state index contributed by atoms with van der Waals surface area (Å²) in [7, 11) is 0. The molecule has 2 aromatic heterocycles. The van der Waals surface area contributed by atoms with Crippen LogP contribution in [0.5, 0.6) is 0 Å². The van der Waals surface area contributed by atoms with Crippen molar-refractivity contribution in [2.75, 3.05) is 0 Å². The van der Waals surface area contributed by atoms with E-state index < -0.39 is 0 Å². The molecule has 0 radical (unpaired) electrons. The molecule has 2 rings (SSSR count). The minimum Gasteiger partial charge on any atom is -0.327 e. The fourth-order valence-corrected chi connectivity index (χ4v) is 3.85. The molecule has 0 bridgehead atoms. The van der Waals surface area contributed by atoms with E-state index in [9.17, 15) is 0 Å². The zero-order valence-electron chi connectivity index (χ0n) is 12.2. The molecule has 0 aliphatic carbocycles. The Kier molecular flexibility index (Phi) is 5.35. The van der Waals surface area contributed by atoms with Crippen molar-refractivity contribution < 1.29 is 0 Å². The van der Waals surface area contributed by atoms with E-state index in [1.807, 2.05) is 6.92 Å². The standard InChI is InChI=1S/C14H21BrN4S/c1-4-11-14(15)12(19(5-2)18-11)6-10(16)7-13-17-9(3)8-20-13/h8,10H,4-7,16H2,1-3H3. The molecule has 0 saturated heterocycles. The zero-order valence-corrected chi connectivity index (χ0v) is 14.6. The number of nitrogens with two attached hydrogens (primary N) is 1. The Morgan fingerprint density at radius 1 is 1.40 bits per heavy atom. The van der Waals surface area contributed by atoms with Crippen LogP contribution in [0.15, 0.2) is 9.85 Å². The van der Waals surface area contributed by atoms with Crippen LogP contribution in [0.25, 0.3) is 0 Å². The Morgan fingerprint density at radius 2 is 2.15 bits per heavy atom. The smallest absolute Gasteiger partial charge is 0.0943 e. The summed E-state index contributed by atoms with van der Waals surface area (Å²) in [5.41, 5.74) is 9.68. The van der Waals surface area contributed by atoms with Crippen LogP contribution in [0, 0.1) is 6.92 Å². The predicted octanol–water partition coefficient (Wildman–Crippen LogP) is 3.11. The molecule has 20 heavy (non-hydrogen) atoms. The molecular formula is C14H21BrN4S. The summed E-state index contributed by atoms with van der Waals surface area (Å²) in [6, 6.07) is 0.0727. The average molecular weight is 357 g/mol. The van der Waals surface area contributed by atoms with E-state index in [0.717, 1.165) is 46.7 Å². The first-order valence-corrected chi connectivity index (χ1v) is 8.63. The van der Waals surface area contributed by atoms with E-state index in [4.69, 9.17) is 5.73 Å². The fraction of sp³-hybridized carbons (Fsp3) is 0.571. The van der Waals surface area contributed by atoms with Gasteiger partial charge in [0.15, 0.2) is 0 Å². The van der Waals surface area contributed by atoms with Gasteiger partial charge in [-0.3, -0.25) is 4.68 Å². The molecule has 2 aromatic rings. The molecule has 0 spiro atoms. The van der Waals surface area contributed by atoms with Crippen LogP contribution in [-0.2, 0) is 25.8 Å². The molecule has 4 nitrogen and oxygen atoms in total. The van der Waals surface area contributed by atoms with Gasteiger partial charge in [-0.1, -0.05) is 6.92 Å². The first kappa shape index (κ1) is 15.7. The predicted molar refractivity (Wildman–Crippen MR) is 87.2 cm³/mol. The SMILES string of the molecule is CCc1nn(CC)c(CC(N)Cc2nc(C)cs2)c1Br. The summed E-state index contributed by atoms with van der Waals surface area (Å²) in [5.74, 6) is 0. The fourth-order valence-electron chi connectivity index (χ4n) is 2.25. The number of aryl methyl sites for hydroxylation is 3. The third-order valence-electron chi connectivity index (χ3n) is 3.25. The van der Waals surface area contributed by atoms with Crippen molar-refractivity contribution >= 4 is 27.3 Å². The second-order valence-electron chi connectivity index (χ2n) is 4.93. The minimum atomic E-state index is 0.0727. The summed E-state index contributed by atoms with van der Waals surface area (Å²) in [6.07, 6.45) is 2.57. The van der Waals surface area contributed by atoms with Crippen LogP contribution < -0.4 is 5.73 Å². The van der Waals surface area contributed by atoms with Gasteiger partial charge in [-0.05, 0) is 36.2 Å². The van der Waals surface area contributed by atoms with Gasteiger partial charge >= 0.3 is 0 Å². The van der Waals surface area contributed by atoms with Gasteiger partial charge in [-0.2, -0.15) is 5.10 Å². The average Bonchev–Trinajstić information content (AvgIpc) is 2.95. The summed E-state index contributed by atoms with van der Waals surface area (Å²) in [6.45, 7) is 7.12. The van der Waals surface area contributed by atoms with Crippen LogP contribution in [0.1, 0.15) is 35.9 Å². The highest BCUT2D eigenvalue weighted by Crippen LogP contribution is 2.24. The third-order valence-corrected chi connectivity index (χ3v) is 5.16. The molecule has 0 amide bonds. The Hall–Kier alpha value is -0.720. The van der Waals surface area contributed by atoms with Crippen molar-refractivity contribution in [1.82, 2.24) is 14.8 Å². The topological polar surface area (TPSA) is 56.7 Å². The molecule has 2 heterocycles. The molecule has 110 valence electrons. The highest BCUT2D eigenvalue weighted by molar-refractivity contribution is 9.10. The lowest BCUT2D eigenvalue weighted by Crippen LogP contribution is -2.27. The molecule has 0 aromatic carbocycles. The van der Waals surface area contributed by atoms with Gasteiger partial charge in [0.2, 0.25) is 0 Å². The van der Waals surface area contributed by atoms with Gasteiger partial charge in [0.25, 0.3) is 0 Å². The van der Waals surface area contributed by atoms with Crippen molar-refractivity contribution in [2.45, 2.75) is 52.6 Å². The van der Waals surface area contributed by atoms with Gasteiger partial charge in [0.05, 0.1) is 20.9 Å². The highest BCUT2D eigenvalue weighted by Gasteiger charge is 2.17. The maximum Gasteiger partial charge on any atom is 0.0943 e. The molecule has 2 N–H and O–H groups in total. The van der Waals surface area contributed by atoms with Crippen molar-refractivity contribution in [3.05, 3.63) is 31.9 Å². The van der Waals surface area contributed by atoms with E-state index >= 15 is 0 Å². The van der Waals surface area contributed by atoms with Gasteiger partial charge in [0, 0.05) is 36.5 Å². The maximum absolute atomic E-state index is 6.29. The number of nitrogens with zero attached hydrogens (tertiary/aromatic N) is 3. The Balaban J connectivity index is 2.10. The second kappa shape index (κ2) is 6.83. The van der Waals surface area contributed by atoms with E-state index in [2.05, 4.69) is 49.9 Å². The van der Waals surface area contributed by atoms with Crippen molar-refractivity contribution in [3.8, 4) is 0 Å². The maximum atomic E-state index is 6.29. The molecule has 1 unspecified atom stereocenters. The molecule has 0 fully saturated rings. The van der Waals surface area contributed by atoms with E-state index in [1.54, 1.807) is 11.3 Å². The Labute approximate surface area is 132 Å². The summed E-state index contributed by atoms with van der Waals surface area (Å²) < 4.78 is 3.17. The number of thiazole rings is 1. The van der Waals surface area contributed by atoms with Crippen LogP contribution in [0.4, 0.5) is 0 Å². The van der Waals surface area contributed by atoms with Crippen molar-refractivity contribution in [1.29, 1.82) is 0 Å². The van der Waals surface area contributed by atoms with E-state index in [0.29, 0.717) is 0 Å². The van der Waals surface area contributed by atoms with Gasteiger partial charge in [0.1, 0.15) is 0 Å². The highest BCUT2D eigenvalue weighted by atomic mass is 79.9. The molecule has 0 saturated carbocycles. The lowest BCUT2D eigenvalue weighted by molar-refractivity contribution is 0.571. The van der Waals surface area contributed by atoms with Crippen molar-refractivity contribution in [2.24, 2.45) is 5.73 Å². The molecule has 6 heteroatoms. The number of hydrogen-bond acceptors (Lipinski definition) is 4. The van der Waals surface area contributed by atoms with Crippen molar-refractivity contribution in [3.63, 3.8) is 0 Å². The van der Waals surface area contributed by atoms with Crippen LogP contribution >= 0.6 is 27.3 Å². The second-order valence-corrected chi connectivity index (χ2v) is 6.66. The first-order valence-electron chi connectivity index (χ1n) is 6.95. The lowest BCUT2D eigenvalue weighted by Gasteiger charge is -2.11. The normalized spacial score (nSPS) is 12.8. The molecular weight excluding hydrogens is 336 g/mol. The number of aromatic nitrogens is 3. The molecule has 0 aliphatic rings. The largest absolute Gasteiger partial charge is 0.327 e. The summed E-state index contributed by atoms with van der Waals surface area (Å²) in [5, 5.41) is 7.80. The van der Waals surface area contributed by atoms with Crippen LogP contribution in [-0.4, -0.2) is 20.8 Å².